The Hall–Kier alpha value is -3.60. The molecular formula is C36H48N2O7Si. The lowest BCUT2D eigenvalue weighted by molar-refractivity contribution is -0.280. The molecule has 0 aliphatic carbocycles. The van der Waals surface area contributed by atoms with Crippen LogP contribution >= 0.6 is 0 Å². The number of aliphatic hydroxyl groups is 1. The zero-order valence-electron chi connectivity index (χ0n) is 27.4. The second-order valence-corrected chi connectivity index (χ2v) is 18.1. The van der Waals surface area contributed by atoms with Gasteiger partial charge in [0.1, 0.15) is 11.5 Å². The van der Waals surface area contributed by atoms with E-state index in [9.17, 15) is 14.7 Å². The molecule has 3 aromatic rings. The summed E-state index contributed by atoms with van der Waals surface area (Å²) in [5.41, 5.74) is 0.117. The highest BCUT2D eigenvalue weighted by Gasteiger charge is 2.61. The lowest BCUT2D eigenvalue weighted by Crippen LogP contribution is -2.69. The average molecular weight is 649 g/mol. The van der Waals surface area contributed by atoms with E-state index in [0.29, 0.717) is 18.6 Å². The molecule has 3 rings (SSSR count). The minimum atomic E-state index is -2.46. The maximum atomic E-state index is 13.7. The molecule has 0 fully saturated rings. The molecular weight excluding hydrogens is 600 g/mol. The number of carbonyl (C=O) groups is 1. The summed E-state index contributed by atoms with van der Waals surface area (Å²) in [5, 5.41) is 13.7. The third kappa shape index (κ3) is 9.95. The normalized spacial score (nSPS) is 14.0. The topological polar surface area (TPSA) is 121 Å². The van der Waals surface area contributed by atoms with Gasteiger partial charge in [-0.15, -0.1) is 0 Å². The number of carbonyl (C=O) groups excluding carboxylic acids is 2. The van der Waals surface area contributed by atoms with Crippen molar-refractivity contribution in [2.45, 2.75) is 76.2 Å². The number of hydrazine groups is 1. The Bertz CT molecular complexity index is 1380. The number of ether oxygens (including phenoxy) is 2. The van der Waals surface area contributed by atoms with Gasteiger partial charge in [-0.2, -0.15) is 4.89 Å². The Morgan fingerprint density at radius 3 is 2.04 bits per heavy atom. The minimum Gasteiger partial charge on any atom is -0.374 e. The Balaban J connectivity index is 2.10. The van der Waals surface area contributed by atoms with Crippen molar-refractivity contribution in [3.05, 3.63) is 113 Å². The van der Waals surface area contributed by atoms with Crippen LogP contribution < -0.4 is 5.84 Å². The van der Waals surface area contributed by atoms with E-state index in [1.165, 1.54) is 0 Å². The van der Waals surface area contributed by atoms with Gasteiger partial charge < -0.3 is 14.6 Å². The summed E-state index contributed by atoms with van der Waals surface area (Å²) in [6, 6.07) is 28.4. The van der Waals surface area contributed by atoms with E-state index in [-0.39, 0.29) is 38.2 Å². The SMILES string of the molecule is CCCCC(=C=O)C(O)(OCCOCc1ccccc1)C(Cc1ccccc1)(c1ccccc1)N(N)C(=O)OOCC[Si](C)(C)C. The molecule has 0 aliphatic rings. The molecule has 248 valence electrons. The molecule has 2 atom stereocenters. The molecule has 0 saturated heterocycles. The van der Waals surface area contributed by atoms with Gasteiger partial charge in [-0.25, -0.2) is 20.4 Å². The van der Waals surface area contributed by atoms with Gasteiger partial charge >= 0.3 is 6.09 Å². The largest absolute Gasteiger partial charge is 0.456 e. The summed E-state index contributed by atoms with van der Waals surface area (Å²) in [6.07, 6.45) is 0.347. The number of unbranched alkanes of at least 4 members (excludes halogenated alkanes) is 1. The first-order valence-electron chi connectivity index (χ1n) is 15.8. The molecule has 0 spiro atoms. The fraction of sp³-hybridized carbons (Fsp3) is 0.417. The van der Waals surface area contributed by atoms with Crippen molar-refractivity contribution in [3.8, 4) is 0 Å². The lowest BCUT2D eigenvalue weighted by atomic mass is 9.72. The van der Waals surface area contributed by atoms with E-state index in [2.05, 4.69) is 19.6 Å². The third-order valence-electron chi connectivity index (χ3n) is 7.75. The zero-order chi connectivity index (χ0) is 33.5. The van der Waals surface area contributed by atoms with Gasteiger partial charge in [-0.05, 0) is 35.6 Å². The van der Waals surface area contributed by atoms with Gasteiger partial charge in [0.2, 0.25) is 5.79 Å². The molecule has 0 heterocycles. The summed E-state index contributed by atoms with van der Waals surface area (Å²) in [7, 11) is -1.48. The van der Waals surface area contributed by atoms with Gasteiger partial charge in [0, 0.05) is 14.5 Å². The predicted octanol–water partition coefficient (Wildman–Crippen LogP) is 6.58. The van der Waals surface area contributed by atoms with Gasteiger partial charge in [-0.1, -0.05) is 124 Å². The number of hydrogen-bond donors (Lipinski definition) is 2. The number of hydrogen-bond acceptors (Lipinski definition) is 8. The molecule has 9 nitrogen and oxygen atoms in total. The van der Waals surface area contributed by atoms with Crippen molar-refractivity contribution in [1.82, 2.24) is 5.01 Å². The first-order valence-corrected chi connectivity index (χ1v) is 19.5. The first kappa shape index (κ1) is 36.9. The molecule has 0 aliphatic heterocycles. The van der Waals surface area contributed by atoms with Crippen LogP contribution in [0.4, 0.5) is 4.79 Å². The van der Waals surface area contributed by atoms with Crippen LogP contribution in [0.15, 0.2) is 96.6 Å². The minimum absolute atomic E-state index is 0.0446. The summed E-state index contributed by atoms with van der Waals surface area (Å²) >= 11 is 0. The van der Waals surface area contributed by atoms with Crippen molar-refractivity contribution in [1.29, 1.82) is 0 Å². The van der Waals surface area contributed by atoms with Crippen LogP contribution in [0.2, 0.25) is 25.7 Å². The smallest absolute Gasteiger partial charge is 0.374 e. The van der Waals surface area contributed by atoms with Gasteiger partial charge in [-0.3, -0.25) is 4.89 Å². The number of amides is 1. The Morgan fingerprint density at radius 2 is 1.48 bits per heavy atom. The van der Waals surface area contributed by atoms with Crippen molar-refractivity contribution < 1.29 is 33.9 Å². The maximum absolute atomic E-state index is 13.7. The van der Waals surface area contributed by atoms with E-state index < -0.39 is 25.5 Å². The highest BCUT2D eigenvalue weighted by molar-refractivity contribution is 6.76. The van der Waals surface area contributed by atoms with Gasteiger partial charge in [0.25, 0.3) is 0 Å². The number of benzene rings is 3. The first-order chi connectivity index (χ1) is 22.1. The number of nitrogens with two attached hydrogens (primary N) is 1. The number of rotatable bonds is 19. The molecule has 0 radical (unpaired) electrons. The Morgan fingerprint density at radius 1 is 0.891 bits per heavy atom. The van der Waals surface area contributed by atoms with Crippen molar-refractivity contribution in [3.63, 3.8) is 0 Å². The van der Waals surface area contributed by atoms with Crippen LogP contribution in [0, 0.1) is 0 Å². The fourth-order valence-electron chi connectivity index (χ4n) is 5.16. The summed E-state index contributed by atoms with van der Waals surface area (Å²) in [6.45, 7) is 8.99. The van der Waals surface area contributed by atoms with Gasteiger partial charge in [0.15, 0.2) is 0 Å². The van der Waals surface area contributed by atoms with Gasteiger partial charge in [0.05, 0.1) is 32.0 Å². The second kappa shape index (κ2) is 17.9. The van der Waals surface area contributed by atoms with Crippen LogP contribution in [0.3, 0.4) is 0 Å². The highest BCUT2D eigenvalue weighted by atomic mass is 28.3. The van der Waals surface area contributed by atoms with Crippen molar-refractivity contribution in [2.75, 3.05) is 19.8 Å². The summed E-state index contributed by atoms with van der Waals surface area (Å²) < 4.78 is 12.2. The molecule has 0 saturated carbocycles. The molecule has 1 amide bonds. The van der Waals surface area contributed by atoms with E-state index in [0.717, 1.165) is 28.6 Å². The average Bonchev–Trinajstić information content (AvgIpc) is 3.06. The standard InChI is InChI=1S/C36H48N2O7Si/c1-5-6-20-33(28-39)36(41,43-24-23-42-29-31-18-12-8-13-19-31)35(32-21-14-9-15-22-32,27-30-16-10-7-11-17-30)38(37)34(40)45-44-25-26-46(2,3)4/h7-19,21-22,41H,5-6,20,23-27,29,37H2,1-4H3. The molecule has 2 unspecified atom stereocenters. The lowest BCUT2D eigenvalue weighted by Gasteiger charge is -2.50. The van der Waals surface area contributed by atoms with Crippen LogP contribution in [-0.2, 0) is 42.6 Å². The molecule has 0 bridgehead atoms. The van der Waals surface area contributed by atoms with E-state index >= 15 is 0 Å². The van der Waals surface area contributed by atoms with Crippen molar-refractivity contribution in [2.24, 2.45) is 5.84 Å². The van der Waals surface area contributed by atoms with Crippen LogP contribution in [0.5, 0.6) is 0 Å². The van der Waals surface area contributed by atoms with Crippen LogP contribution in [-0.4, -0.2) is 55.8 Å². The molecule has 0 aromatic heterocycles. The Labute approximate surface area is 273 Å². The van der Waals surface area contributed by atoms with Crippen LogP contribution in [0.25, 0.3) is 0 Å². The summed E-state index contributed by atoms with van der Waals surface area (Å²) in [4.78, 5) is 37.0. The van der Waals surface area contributed by atoms with E-state index in [1.54, 1.807) is 30.3 Å². The maximum Gasteiger partial charge on any atom is 0.456 e. The second-order valence-electron chi connectivity index (χ2n) is 12.5. The molecule has 10 heteroatoms. The predicted molar refractivity (Wildman–Crippen MR) is 181 cm³/mol. The van der Waals surface area contributed by atoms with E-state index in [4.69, 9.17) is 25.1 Å². The number of nitrogens with zero attached hydrogens (tertiary/aromatic N) is 1. The zero-order valence-corrected chi connectivity index (χ0v) is 28.4. The molecule has 46 heavy (non-hydrogen) atoms. The quantitative estimate of drug-likeness (QED) is 0.0219. The molecule has 3 N–H and O–H groups in total. The Kier molecular flexibility index (Phi) is 14.4. The van der Waals surface area contributed by atoms with Crippen LogP contribution in [0.1, 0.15) is 42.9 Å². The fourth-order valence-corrected chi connectivity index (χ4v) is 5.85. The van der Waals surface area contributed by atoms with Crippen molar-refractivity contribution >= 4 is 20.1 Å². The van der Waals surface area contributed by atoms with E-state index in [1.807, 2.05) is 73.5 Å². The summed E-state index contributed by atoms with van der Waals surface area (Å²) in [5.74, 6) is 6.23. The molecule has 3 aromatic carbocycles. The monoisotopic (exact) mass is 648 g/mol. The third-order valence-corrected chi connectivity index (χ3v) is 9.46. The highest BCUT2D eigenvalue weighted by Crippen LogP contribution is 2.46.